The molecule has 1 nitrogen and oxygen atoms in total. The first kappa shape index (κ1) is 8.82. The Hall–Kier alpha value is 0.503. The first-order valence-corrected chi connectivity index (χ1v) is 0.908. The van der Waals surface area contributed by atoms with Crippen LogP contribution in [0.1, 0.15) is 0 Å². The number of hydrogen-bond donors (Lipinski definition) is 1. The van der Waals surface area contributed by atoms with Crippen LogP contribution in [0.4, 0.5) is 0 Å². The standard InChI is InChI=1S/C2H6N.GeH4/c1-2-3;/h1-3H2;1H4. The molecule has 1 radical (unpaired) electrons. The van der Waals surface area contributed by atoms with Gasteiger partial charge in [0.1, 0.15) is 0 Å². The van der Waals surface area contributed by atoms with Crippen LogP contribution in [0.5, 0.6) is 0 Å². The maximum absolute atomic E-state index is 4.74. The second kappa shape index (κ2) is 9.72. The van der Waals surface area contributed by atoms with E-state index in [0.29, 0.717) is 6.54 Å². The van der Waals surface area contributed by atoms with Crippen molar-refractivity contribution in [3.05, 3.63) is 6.92 Å². The van der Waals surface area contributed by atoms with Gasteiger partial charge in [0.15, 0.2) is 0 Å². The third-order valence-electron chi connectivity index (χ3n) is 0. The molecule has 0 aromatic carbocycles. The summed E-state index contributed by atoms with van der Waals surface area (Å²) in [6, 6.07) is 0. The summed E-state index contributed by atoms with van der Waals surface area (Å²) < 4.78 is 0. The Bertz CT molecular complexity index is 6.00. The average Bonchev–Trinajstić information content (AvgIpc) is 0.918. The molecule has 0 spiro atoms. The van der Waals surface area contributed by atoms with Crippen molar-refractivity contribution in [2.45, 2.75) is 0 Å². The SMILES string of the molecule is [CH2]CN.[GeH4]. The Labute approximate surface area is 37.5 Å². The van der Waals surface area contributed by atoms with Crippen LogP contribution in [0.25, 0.3) is 0 Å². The molecule has 0 aromatic rings. The van der Waals surface area contributed by atoms with E-state index in [2.05, 4.69) is 6.92 Å². The average molecular weight is 121 g/mol. The fourth-order valence-corrected chi connectivity index (χ4v) is 0. The van der Waals surface area contributed by atoms with Crippen molar-refractivity contribution in [1.29, 1.82) is 0 Å². The summed E-state index contributed by atoms with van der Waals surface area (Å²) in [6.45, 7) is 3.76. The van der Waals surface area contributed by atoms with Crippen LogP contribution in [0.3, 0.4) is 0 Å². The third kappa shape index (κ3) is 22.4. The van der Waals surface area contributed by atoms with E-state index in [9.17, 15) is 0 Å². The van der Waals surface area contributed by atoms with Crippen molar-refractivity contribution in [3.8, 4) is 0 Å². The van der Waals surface area contributed by atoms with Gasteiger partial charge >= 0.3 is 17.6 Å². The van der Waals surface area contributed by atoms with Crippen LogP contribution < -0.4 is 5.73 Å². The van der Waals surface area contributed by atoms with Gasteiger partial charge in [-0.3, -0.25) is 0 Å². The fourth-order valence-electron chi connectivity index (χ4n) is 0. The van der Waals surface area contributed by atoms with Crippen molar-refractivity contribution >= 4 is 17.6 Å². The Balaban J connectivity index is 0. The van der Waals surface area contributed by atoms with Crippen molar-refractivity contribution in [1.82, 2.24) is 0 Å². The number of nitrogens with two attached hydrogens (primary N) is 1. The van der Waals surface area contributed by atoms with E-state index in [4.69, 9.17) is 5.73 Å². The van der Waals surface area contributed by atoms with E-state index in [1.165, 1.54) is 0 Å². The quantitative estimate of drug-likeness (QED) is 0.380. The molecular formula is C2H10GeN. The molecule has 27 valence electrons. The van der Waals surface area contributed by atoms with E-state index in [1.54, 1.807) is 0 Å². The Kier molecular flexibility index (Phi) is 21.4. The van der Waals surface area contributed by atoms with E-state index in [1.807, 2.05) is 0 Å². The first-order chi connectivity index (χ1) is 1.41. The zero-order chi connectivity index (χ0) is 2.71. The molecule has 0 saturated carbocycles. The normalized spacial score (nSPS) is 4.50. The van der Waals surface area contributed by atoms with E-state index >= 15 is 0 Å². The van der Waals surface area contributed by atoms with Crippen molar-refractivity contribution in [2.75, 3.05) is 6.54 Å². The van der Waals surface area contributed by atoms with Crippen molar-refractivity contribution in [2.24, 2.45) is 5.73 Å². The van der Waals surface area contributed by atoms with Gasteiger partial charge in [-0.15, -0.1) is 0 Å². The first-order valence-electron chi connectivity index (χ1n) is 0.908. The fraction of sp³-hybridized carbons (Fsp3) is 0.500. The van der Waals surface area contributed by atoms with Gasteiger partial charge in [-0.05, 0) is 13.5 Å². The second-order valence-corrected chi connectivity index (χ2v) is 0.289. The van der Waals surface area contributed by atoms with Crippen LogP contribution in [-0.4, -0.2) is 24.1 Å². The summed E-state index contributed by atoms with van der Waals surface area (Å²) in [7, 11) is 0. The van der Waals surface area contributed by atoms with E-state index in [0.717, 1.165) is 0 Å². The van der Waals surface area contributed by atoms with Crippen LogP contribution in [0.15, 0.2) is 0 Å². The van der Waals surface area contributed by atoms with Crippen LogP contribution in [0, 0.1) is 6.92 Å². The van der Waals surface area contributed by atoms with Gasteiger partial charge in [0.2, 0.25) is 0 Å². The summed E-state index contributed by atoms with van der Waals surface area (Å²) in [6.07, 6.45) is 0. The van der Waals surface area contributed by atoms with Gasteiger partial charge < -0.3 is 5.73 Å². The van der Waals surface area contributed by atoms with Crippen molar-refractivity contribution in [3.63, 3.8) is 0 Å². The van der Waals surface area contributed by atoms with Crippen molar-refractivity contribution < 1.29 is 0 Å². The molecule has 2 N–H and O–H groups in total. The predicted octanol–water partition coefficient (Wildman–Crippen LogP) is -1.67. The zero-order valence-electron chi connectivity index (χ0n) is 1.99. The summed E-state index contributed by atoms with van der Waals surface area (Å²) in [5.74, 6) is 0. The molecule has 0 saturated heterocycles. The molecule has 0 aliphatic rings. The molecule has 0 atom stereocenters. The van der Waals surface area contributed by atoms with Gasteiger partial charge in [-0.1, -0.05) is 0 Å². The Morgan fingerprint density at radius 1 is 1.75 bits per heavy atom. The van der Waals surface area contributed by atoms with Gasteiger partial charge in [-0.25, -0.2) is 0 Å². The van der Waals surface area contributed by atoms with E-state index in [-0.39, 0.29) is 17.6 Å². The number of rotatable bonds is 0. The zero-order valence-corrected chi connectivity index (χ0v) is 1.99. The monoisotopic (exact) mass is 122 g/mol. The molecule has 0 aromatic heterocycles. The molecule has 0 rings (SSSR count). The Morgan fingerprint density at radius 2 is 1.75 bits per heavy atom. The summed E-state index contributed by atoms with van der Waals surface area (Å²) >= 11 is 0. The van der Waals surface area contributed by atoms with Gasteiger partial charge in [0.25, 0.3) is 0 Å². The second-order valence-electron chi connectivity index (χ2n) is 0.289. The minimum absolute atomic E-state index is 0. The molecule has 0 heterocycles. The summed E-state index contributed by atoms with van der Waals surface area (Å²) in [5.41, 5.74) is 4.74. The molecule has 0 amide bonds. The molecule has 0 aliphatic carbocycles. The Morgan fingerprint density at radius 3 is 1.75 bits per heavy atom. The molecule has 0 unspecified atom stereocenters. The minimum atomic E-state index is 0. The molecule has 4 heavy (non-hydrogen) atoms. The molecule has 0 fully saturated rings. The predicted molar refractivity (Wildman–Crippen MR) is 25.7 cm³/mol. The third-order valence-corrected chi connectivity index (χ3v) is 0. The molecule has 2 heteroatoms. The summed E-state index contributed by atoms with van der Waals surface area (Å²) in [5, 5.41) is 0. The summed E-state index contributed by atoms with van der Waals surface area (Å²) in [4.78, 5) is 0. The van der Waals surface area contributed by atoms with E-state index < -0.39 is 0 Å². The van der Waals surface area contributed by atoms with Crippen LogP contribution in [0.2, 0.25) is 0 Å². The van der Waals surface area contributed by atoms with Gasteiger partial charge in [-0.2, -0.15) is 0 Å². The van der Waals surface area contributed by atoms with Crippen LogP contribution >= 0.6 is 0 Å². The molecular weight excluding hydrogens is 111 g/mol. The van der Waals surface area contributed by atoms with Gasteiger partial charge in [0.05, 0.1) is 0 Å². The number of hydrogen-bond acceptors (Lipinski definition) is 1. The topological polar surface area (TPSA) is 26.0 Å². The van der Waals surface area contributed by atoms with Crippen LogP contribution in [-0.2, 0) is 0 Å². The molecule has 0 aliphatic heterocycles. The maximum atomic E-state index is 4.74. The molecule has 0 bridgehead atoms. The van der Waals surface area contributed by atoms with Gasteiger partial charge in [0, 0.05) is 0 Å².